The third kappa shape index (κ3) is 10.4. The Bertz CT molecular complexity index is 1190. The minimum Gasteiger partial charge on any atom is -0.508 e. The SMILES string of the molecule is CCN(C(=O)CNC(=O)[C@H](CC[S@](C)=O)NC(=O)[C@H](N)Cc1ccc(O)cc1)[C@H](Cc1ccc(F)cc1)C(N)=O. The van der Waals surface area contributed by atoms with Crippen LogP contribution in [0.4, 0.5) is 4.39 Å². The Hall–Kier alpha value is -3.84. The summed E-state index contributed by atoms with van der Waals surface area (Å²) in [6.07, 6.45) is 1.70. The second-order valence-corrected chi connectivity index (χ2v) is 10.8. The number of amides is 4. The fourth-order valence-corrected chi connectivity index (χ4v) is 4.54. The maximum absolute atomic E-state index is 13.3. The van der Waals surface area contributed by atoms with Crippen molar-refractivity contribution < 1.29 is 32.9 Å². The molecule has 0 spiro atoms. The minimum atomic E-state index is -1.25. The van der Waals surface area contributed by atoms with Crippen LogP contribution in [0.2, 0.25) is 0 Å². The molecule has 0 aliphatic heterocycles. The summed E-state index contributed by atoms with van der Waals surface area (Å²) in [5.41, 5.74) is 12.9. The third-order valence-electron chi connectivity index (χ3n) is 6.18. The molecule has 0 radical (unpaired) electrons. The first-order valence-electron chi connectivity index (χ1n) is 12.7. The molecule has 0 saturated carbocycles. The molecule has 0 aliphatic carbocycles. The van der Waals surface area contributed by atoms with Gasteiger partial charge in [0.05, 0.1) is 12.6 Å². The second-order valence-electron chi connectivity index (χ2n) is 9.25. The van der Waals surface area contributed by atoms with Crippen LogP contribution in [0.15, 0.2) is 48.5 Å². The summed E-state index contributed by atoms with van der Waals surface area (Å²) < 4.78 is 24.9. The van der Waals surface area contributed by atoms with E-state index in [4.69, 9.17) is 11.5 Å². The number of phenolic OH excluding ortho intramolecular Hbond substituents is 1. The maximum Gasteiger partial charge on any atom is 0.243 e. The van der Waals surface area contributed by atoms with E-state index >= 15 is 0 Å². The highest BCUT2D eigenvalue weighted by atomic mass is 32.2. The number of benzene rings is 2. The lowest BCUT2D eigenvalue weighted by Gasteiger charge is -2.29. The summed E-state index contributed by atoms with van der Waals surface area (Å²) in [4.78, 5) is 52.1. The Balaban J connectivity index is 2.05. The summed E-state index contributed by atoms with van der Waals surface area (Å²) in [6, 6.07) is 8.46. The van der Waals surface area contributed by atoms with Gasteiger partial charge in [0.1, 0.15) is 23.7 Å². The monoisotopic (exact) mass is 577 g/mol. The molecule has 7 N–H and O–H groups in total. The number of rotatable bonds is 15. The Kier molecular flexibility index (Phi) is 12.7. The predicted octanol–water partition coefficient (Wildman–Crippen LogP) is -0.284. The Labute approximate surface area is 234 Å². The molecule has 4 amide bonds. The Morgan fingerprint density at radius 1 is 1.00 bits per heavy atom. The van der Waals surface area contributed by atoms with E-state index in [2.05, 4.69) is 10.6 Å². The highest BCUT2D eigenvalue weighted by Gasteiger charge is 2.29. The molecule has 0 fully saturated rings. The zero-order valence-electron chi connectivity index (χ0n) is 22.5. The molecule has 0 unspecified atom stereocenters. The van der Waals surface area contributed by atoms with Gasteiger partial charge in [0.2, 0.25) is 23.6 Å². The topological polar surface area (TPSA) is 185 Å². The largest absolute Gasteiger partial charge is 0.508 e. The lowest BCUT2D eigenvalue weighted by Crippen LogP contribution is -2.55. The van der Waals surface area contributed by atoms with Crippen LogP contribution < -0.4 is 22.1 Å². The van der Waals surface area contributed by atoms with Gasteiger partial charge in [-0.1, -0.05) is 24.3 Å². The molecule has 11 nitrogen and oxygen atoms in total. The average Bonchev–Trinajstić information content (AvgIpc) is 2.91. The van der Waals surface area contributed by atoms with E-state index in [-0.39, 0.29) is 37.3 Å². The van der Waals surface area contributed by atoms with E-state index in [0.717, 1.165) is 0 Å². The molecule has 13 heteroatoms. The van der Waals surface area contributed by atoms with Crippen molar-refractivity contribution in [3.63, 3.8) is 0 Å². The predicted molar refractivity (Wildman–Crippen MR) is 149 cm³/mol. The normalized spacial score (nSPS) is 13.9. The quantitative estimate of drug-likeness (QED) is 0.193. The molecule has 0 aromatic heterocycles. The number of carbonyl (C=O) groups excluding carboxylic acids is 4. The molecular formula is C27H36FN5O6S. The molecule has 40 heavy (non-hydrogen) atoms. The van der Waals surface area contributed by atoms with Crippen molar-refractivity contribution in [3.8, 4) is 5.75 Å². The fraction of sp³-hybridized carbons (Fsp3) is 0.407. The highest BCUT2D eigenvalue weighted by Crippen LogP contribution is 2.12. The molecule has 4 atom stereocenters. The van der Waals surface area contributed by atoms with E-state index in [1.165, 1.54) is 47.6 Å². The van der Waals surface area contributed by atoms with Crippen LogP contribution in [-0.2, 0) is 42.8 Å². The number of halogens is 1. The van der Waals surface area contributed by atoms with Gasteiger partial charge >= 0.3 is 0 Å². The number of hydrogen-bond donors (Lipinski definition) is 5. The number of phenols is 1. The average molecular weight is 578 g/mol. The second kappa shape index (κ2) is 15.7. The van der Waals surface area contributed by atoms with Gasteiger partial charge in [-0.2, -0.15) is 0 Å². The van der Waals surface area contributed by atoms with Crippen molar-refractivity contribution >= 4 is 34.4 Å². The minimum absolute atomic E-state index is 0.0345. The van der Waals surface area contributed by atoms with Crippen LogP contribution in [0, 0.1) is 5.82 Å². The van der Waals surface area contributed by atoms with Gasteiger partial charge in [-0.15, -0.1) is 0 Å². The fourth-order valence-electron chi connectivity index (χ4n) is 3.98. The molecular weight excluding hydrogens is 541 g/mol. The van der Waals surface area contributed by atoms with Crippen molar-refractivity contribution in [1.29, 1.82) is 0 Å². The van der Waals surface area contributed by atoms with Crippen molar-refractivity contribution in [2.75, 3.05) is 25.1 Å². The first-order valence-corrected chi connectivity index (χ1v) is 14.4. The van der Waals surface area contributed by atoms with E-state index in [1.54, 1.807) is 19.1 Å². The smallest absolute Gasteiger partial charge is 0.243 e. The molecule has 218 valence electrons. The molecule has 0 aliphatic rings. The molecule has 2 aromatic rings. The number of primary amides is 1. The van der Waals surface area contributed by atoms with Crippen LogP contribution in [0.25, 0.3) is 0 Å². The van der Waals surface area contributed by atoms with Gasteiger partial charge in [0.15, 0.2) is 0 Å². The van der Waals surface area contributed by atoms with E-state index in [1.807, 2.05) is 0 Å². The molecule has 0 saturated heterocycles. The first kappa shape index (κ1) is 32.4. The molecule has 0 heterocycles. The van der Waals surface area contributed by atoms with Gasteiger partial charge < -0.3 is 32.1 Å². The van der Waals surface area contributed by atoms with E-state index < -0.39 is 64.9 Å². The highest BCUT2D eigenvalue weighted by molar-refractivity contribution is 7.84. The first-order chi connectivity index (χ1) is 18.9. The summed E-state index contributed by atoms with van der Waals surface area (Å²) in [7, 11) is -1.25. The van der Waals surface area contributed by atoms with E-state index in [0.29, 0.717) is 11.1 Å². The zero-order valence-corrected chi connectivity index (χ0v) is 23.3. The third-order valence-corrected chi connectivity index (χ3v) is 6.99. The van der Waals surface area contributed by atoms with Gasteiger partial charge in [-0.3, -0.25) is 23.4 Å². The van der Waals surface area contributed by atoms with Crippen molar-refractivity contribution in [2.24, 2.45) is 11.5 Å². The number of nitrogens with two attached hydrogens (primary N) is 2. The maximum atomic E-state index is 13.3. The van der Waals surface area contributed by atoms with Crippen molar-refractivity contribution in [2.45, 2.75) is 44.3 Å². The van der Waals surface area contributed by atoms with Crippen LogP contribution >= 0.6 is 0 Å². The number of likely N-dealkylation sites (N-methyl/N-ethyl adjacent to an activating group) is 1. The Morgan fingerprint density at radius 3 is 2.12 bits per heavy atom. The number of aromatic hydroxyl groups is 1. The molecule has 2 rings (SSSR count). The van der Waals surface area contributed by atoms with Gasteiger partial charge in [-0.05, 0) is 55.2 Å². The zero-order chi connectivity index (χ0) is 29.8. The lowest BCUT2D eigenvalue weighted by molar-refractivity contribution is -0.139. The van der Waals surface area contributed by atoms with E-state index in [9.17, 15) is 32.9 Å². The lowest BCUT2D eigenvalue weighted by atomic mass is 10.0. The van der Waals surface area contributed by atoms with Crippen LogP contribution in [-0.4, -0.2) is 81.1 Å². The number of carbonyl (C=O) groups is 4. The van der Waals surface area contributed by atoms with Crippen molar-refractivity contribution in [3.05, 3.63) is 65.5 Å². The van der Waals surface area contributed by atoms with Crippen molar-refractivity contribution in [1.82, 2.24) is 15.5 Å². The number of hydrogen-bond acceptors (Lipinski definition) is 7. The molecule has 0 bridgehead atoms. The summed E-state index contributed by atoms with van der Waals surface area (Å²) >= 11 is 0. The standard InChI is InChI=1S/C27H36FN5O6S/c1-3-33(23(25(30)36)15-18-4-8-19(28)9-5-18)24(35)16-31-27(38)22(12-13-40(2)39)32-26(37)21(29)14-17-6-10-20(34)11-7-17/h4-11,21-23,34H,3,12-16,29H2,1-2H3,(H2,30,36)(H,31,38)(H,32,37)/t21-,22+,23-,40+/m1/s1. The molecule has 2 aromatic carbocycles. The summed E-state index contributed by atoms with van der Waals surface area (Å²) in [6.45, 7) is 1.28. The van der Waals surface area contributed by atoms with Gasteiger partial charge in [0.25, 0.3) is 0 Å². The summed E-state index contributed by atoms with van der Waals surface area (Å²) in [5, 5.41) is 14.4. The van der Waals surface area contributed by atoms with Gasteiger partial charge in [-0.25, -0.2) is 4.39 Å². The van der Waals surface area contributed by atoms with Crippen LogP contribution in [0.1, 0.15) is 24.5 Å². The number of nitrogens with zero attached hydrogens (tertiary/aromatic N) is 1. The van der Waals surface area contributed by atoms with Crippen LogP contribution in [0.3, 0.4) is 0 Å². The van der Waals surface area contributed by atoms with Crippen LogP contribution in [0.5, 0.6) is 5.75 Å². The number of nitrogens with one attached hydrogen (secondary N) is 2. The summed E-state index contributed by atoms with van der Waals surface area (Å²) in [5.74, 6) is -2.92. The van der Waals surface area contributed by atoms with Gasteiger partial charge in [0, 0.05) is 35.8 Å². The Morgan fingerprint density at radius 2 is 1.57 bits per heavy atom.